The van der Waals surface area contributed by atoms with Crippen LogP contribution < -0.4 is 10.9 Å². The number of benzene rings is 1. The monoisotopic (exact) mass is 359 g/mol. The summed E-state index contributed by atoms with van der Waals surface area (Å²) in [6.45, 7) is -0.185. The smallest absolute Gasteiger partial charge is 0.267 e. The lowest BCUT2D eigenvalue weighted by atomic mass is 10.1. The van der Waals surface area contributed by atoms with Crippen LogP contribution in [-0.4, -0.2) is 32.1 Å². The fraction of sp³-hybridized carbons (Fsp3) is 0.133. The van der Waals surface area contributed by atoms with Crippen molar-refractivity contribution in [1.29, 1.82) is 0 Å². The molecule has 1 N–H and O–H groups in total. The average molecular weight is 359 g/mol. The van der Waals surface area contributed by atoms with E-state index in [1.807, 2.05) is 30.5 Å². The van der Waals surface area contributed by atoms with E-state index in [1.165, 1.54) is 22.9 Å². The van der Waals surface area contributed by atoms with Crippen molar-refractivity contribution in [2.75, 3.05) is 11.6 Å². The minimum Gasteiger partial charge on any atom is -0.299 e. The van der Waals surface area contributed by atoms with E-state index in [-0.39, 0.29) is 18.0 Å². The average Bonchev–Trinajstić information content (AvgIpc) is 3.10. The molecule has 9 heteroatoms. The standard InChI is InChI=1S/C15H13N5O2S2/c1-23-11-4-2-10(3-5-11)12-6-7-14(22)20(19-12)8-13(21)17-15-18-16-9-24-15/h2-7,9H,8H2,1H3,(H,17,18,21). The summed E-state index contributed by atoms with van der Waals surface area (Å²) in [7, 11) is 0. The number of thioether (sulfide) groups is 1. The number of hydrogen-bond donors (Lipinski definition) is 1. The summed E-state index contributed by atoms with van der Waals surface area (Å²) in [5, 5.41) is 14.6. The van der Waals surface area contributed by atoms with Gasteiger partial charge in [0.15, 0.2) is 0 Å². The molecule has 1 amide bonds. The van der Waals surface area contributed by atoms with Gasteiger partial charge in [-0.15, -0.1) is 22.0 Å². The molecule has 3 rings (SSSR count). The van der Waals surface area contributed by atoms with Crippen LogP contribution in [-0.2, 0) is 11.3 Å². The van der Waals surface area contributed by atoms with Gasteiger partial charge in [-0.1, -0.05) is 23.5 Å². The topological polar surface area (TPSA) is 89.8 Å². The van der Waals surface area contributed by atoms with Gasteiger partial charge in [-0.2, -0.15) is 5.10 Å². The first-order valence-corrected chi connectivity index (χ1v) is 9.05. The second kappa shape index (κ2) is 7.37. The molecule has 0 aliphatic rings. The zero-order valence-corrected chi connectivity index (χ0v) is 14.3. The van der Waals surface area contributed by atoms with Gasteiger partial charge in [0.1, 0.15) is 12.1 Å². The Morgan fingerprint density at radius 1 is 1.25 bits per heavy atom. The summed E-state index contributed by atoms with van der Waals surface area (Å²) >= 11 is 2.86. The van der Waals surface area contributed by atoms with E-state index in [9.17, 15) is 9.59 Å². The van der Waals surface area contributed by atoms with Crippen molar-refractivity contribution < 1.29 is 4.79 Å². The molecule has 1 aromatic carbocycles. The Morgan fingerprint density at radius 2 is 2.04 bits per heavy atom. The third kappa shape index (κ3) is 3.87. The van der Waals surface area contributed by atoms with Crippen molar-refractivity contribution >= 4 is 34.1 Å². The van der Waals surface area contributed by atoms with Crippen LogP contribution in [0.15, 0.2) is 51.6 Å². The van der Waals surface area contributed by atoms with Gasteiger partial charge in [0, 0.05) is 16.5 Å². The third-order valence-corrected chi connectivity index (χ3v) is 4.50. The Hall–Kier alpha value is -2.52. The highest BCUT2D eigenvalue weighted by molar-refractivity contribution is 7.98. The Kier molecular flexibility index (Phi) is 5.02. The van der Waals surface area contributed by atoms with Crippen molar-refractivity contribution in [3.05, 3.63) is 52.3 Å². The van der Waals surface area contributed by atoms with E-state index < -0.39 is 0 Å². The van der Waals surface area contributed by atoms with Crippen LogP contribution in [0, 0.1) is 0 Å². The maximum absolute atomic E-state index is 12.0. The molecule has 0 aliphatic carbocycles. The maximum Gasteiger partial charge on any atom is 0.267 e. The van der Waals surface area contributed by atoms with Gasteiger partial charge in [0.2, 0.25) is 11.0 Å². The lowest BCUT2D eigenvalue weighted by Crippen LogP contribution is -2.29. The summed E-state index contributed by atoms with van der Waals surface area (Å²) in [4.78, 5) is 25.1. The van der Waals surface area contributed by atoms with Gasteiger partial charge in [0.05, 0.1) is 5.69 Å². The minimum atomic E-state index is -0.378. The van der Waals surface area contributed by atoms with Crippen LogP contribution in [0.5, 0.6) is 0 Å². The molecule has 24 heavy (non-hydrogen) atoms. The molecule has 0 saturated heterocycles. The van der Waals surface area contributed by atoms with Gasteiger partial charge in [-0.05, 0) is 24.5 Å². The molecule has 2 aromatic heterocycles. The third-order valence-electron chi connectivity index (χ3n) is 3.15. The Bertz CT molecular complexity index is 891. The lowest BCUT2D eigenvalue weighted by molar-refractivity contribution is -0.117. The first kappa shape index (κ1) is 16.3. The van der Waals surface area contributed by atoms with Crippen molar-refractivity contribution in [2.24, 2.45) is 0 Å². The Morgan fingerprint density at radius 3 is 2.71 bits per heavy atom. The van der Waals surface area contributed by atoms with E-state index in [4.69, 9.17) is 0 Å². The van der Waals surface area contributed by atoms with Gasteiger partial charge in [0.25, 0.3) is 5.56 Å². The summed E-state index contributed by atoms with van der Waals surface area (Å²) in [6.07, 6.45) is 2.00. The van der Waals surface area contributed by atoms with E-state index in [2.05, 4.69) is 20.6 Å². The number of nitrogens with zero attached hydrogens (tertiary/aromatic N) is 4. The largest absolute Gasteiger partial charge is 0.299 e. The maximum atomic E-state index is 12.0. The summed E-state index contributed by atoms with van der Waals surface area (Å²) < 4.78 is 1.13. The number of rotatable bonds is 5. The second-order valence-corrected chi connectivity index (χ2v) is 6.45. The summed E-state index contributed by atoms with van der Waals surface area (Å²) in [5.41, 5.74) is 2.68. The number of amides is 1. The number of carbonyl (C=O) groups excluding carboxylic acids is 1. The van der Waals surface area contributed by atoms with Gasteiger partial charge in [-0.25, -0.2) is 4.68 Å². The zero-order valence-electron chi connectivity index (χ0n) is 12.7. The first-order valence-electron chi connectivity index (χ1n) is 6.94. The van der Waals surface area contributed by atoms with Gasteiger partial charge < -0.3 is 0 Å². The predicted molar refractivity (Wildman–Crippen MR) is 94.3 cm³/mol. The number of anilines is 1. The van der Waals surface area contributed by atoms with Crippen LogP contribution in [0.2, 0.25) is 0 Å². The van der Waals surface area contributed by atoms with Gasteiger partial charge in [-0.3, -0.25) is 14.9 Å². The molecule has 0 fully saturated rings. The lowest BCUT2D eigenvalue weighted by Gasteiger charge is -2.07. The number of aromatic nitrogens is 4. The van der Waals surface area contributed by atoms with E-state index in [1.54, 1.807) is 17.8 Å². The van der Waals surface area contributed by atoms with E-state index in [0.29, 0.717) is 10.8 Å². The van der Waals surface area contributed by atoms with Crippen LogP contribution in [0.1, 0.15) is 0 Å². The van der Waals surface area contributed by atoms with E-state index >= 15 is 0 Å². The number of carbonyl (C=O) groups is 1. The van der Waals surface area contributed by atoms with Crippen LogP contribution in [0.3, 0.4) is 0 Å². The quantitative estimate of drug-likeness (QED) is 0.702. The van der Waals surface area contributed by atoms with Crippen LogP contribution >= 0.6 is 23.1 Å². The van der Waals surface area contributed by atoms with Crippen LogP contribution in [0.4, 0.5) is 5.13 Å². The van der Waals surface area contributed by atoms with Crippen molar-refractivity contribution in [3.8, 4) is 11.3 Å². The van der Waals surface area contributed by atoms with Crippen molar-refractivity contribution in [1.82, 2.24) is 20.0 Å². The normalized spacial score (nSPS) is 10.5. The summed E-state index contributed by atoms with van der Waals surface area (Å²) in [6, 6.07) is 10.9. The molecular weight excluding hydrogens is 346 g/mol. The fourth-order valence-electron chi connectivity index (χ4n) is 2.00. The second-order valence-electron chi connectivity index (χ2n) is 4.74. The van der Waals surface area contributed by atoms with Gasteiger partial charge >= 0.3 is 0 Å². The van der Waals surface area contributed by atoms with Crippen LogP contribution in [0.25, 0.3) is 11.3 Å². The minimum absolute atomic E-state index is 0.185. The summed E-state index contributed by atoms with van der Waals surface area (Å²) in [5.74, 6) is -0.378. The molecule has 0 aliphatic heterocycles. The van der Waals surface area contributed by atoms with E-state index in [0.717, 1.165) is 15.1 Å². The highest BCUT2D eigenvalue weighted by Gasteiger charge is 2.09. The SMILES string of the molecule is CSc1ccc(-c2ccc(=O)n(CC(=O)Nc3nncs3)n2)cc1. The molecule has 0 unspecified atom stereocenters. The molecule has 0 bridgehead atoms. The first-order chi connectivity index (χ1) is 11.7. The fourth-order valence-corrected chi connectivity index (χ4v) is 2.87. The van der Waals surface area contributed by atoms with Crippen molar-refractivity contribution in [3.63, 3.8) is 0 Å². The molecule has 0 radical (unpaired) electrons. The molecule has 7 nitrogen and oxygen atoms in total. The molecule has 3 aromatic rings. The number of hydrogen-bond acceptors (Lipinski definition) is 7. The highest BCUT2D eigenvalue weighted by atomic mass is 32.2. The Balaban J connectivity index is 1.80. The molecule has 2 heterocycles. The highest BCUT2D eigenvalue weighted by Crippen LogP contribution is 2.20. The molecule has 122 valence electrons. The molecule has 0 spiro atoms. The number of nitrogens with one attached hydrogen (secondary N) is 1. The van der Waals surface area contributed by atoms with Crippen molar-refractivity contribution in [2.45, 2.75) is 11.4 Å². The Labute approximate surface area is 145 Å². The molecule has 0 saturated carbocycles. The zero-order chi connectivity index (χ0) is 16.9. The molecular formula is C15H13N5O2S2. The predicted octanol–water partition coefficient (Wildman–Crippen LogP) is 2.12. The molecule has 0 atom stereocenters.